The Balaban J connectivity index is 2.33. The molecule has 0 amide bonds. The molecule has 2 rings (SSSR count). The Morgan fingerprint density at radius 2 is 2.38 bits per heavy atom. The quantitative estimate of drug-likeness (QED) is 0.654. The van der Waals surface area contributed by atoms with Gasteiger partial charge in [0.05, 0.1) is 0 Å². The molecule has 4 nitrogen and oxygen atoms in total. The monoisotopic (exact) mass is 188 g/mol. The highest BCUT2D eigenvalue weighted by atomic mass is 19.3. The van der Waals surface area contributed by atoms with E-state index in [1.165, 1.54) is 0 Å². The summed E-state index contributed by atoms with van der Waals surface area (Å²) in [5, 5.41) is 3.52. The maximum absolute atomic E-state index is 12.1. The predicted molar refractivity (Wildman–Crippen MR) is 37.7 cm³/mol. The van der Waals surface area contributed by atoms with E-state index in [1.807, 2.05) is 0 Å². The first-order valence-electron chi connectivity index (χ1n) is 3.67. The molecule has 1 aromatic rings. The molecule has 0 N–H and O–H groups in total. The zero-order valence-electron chi connectivity index (χ0n) is 6.54. The lowest BCUT2D eigenvalue weighted by Crippen LogP contribution is -2.25. The van der Waals surface area contributed by atoms with Crippen molar-refractivity contribution in [2.75, 3.05) is 6.61 Å². The Labute approximate surface area is 72.1 Å². The van der Waals surface area contributed by atoms with Gasteiger partial charge in [0.2, 0.25) is 5.88 Å². The van der Waals surface area contributed by atoms with E-state index in [1.54, 1.807) is 0 Å². The number of hydrogen-bond donors (Lipinski definition) is 0. The molecule has 0 fully saturated rings. The topological polar surface area (TPSA) is 44.1 Å². The summed E-state index contributed by atoms with van der Waals surface area (Å²) < 4.78 is 30.3. The third kappa shape index (κ3) is 1.39. The maximum Gasteiger partial charge on any atom is 0.282 e. The van der Waals surface area contributed by atoms with Gasteiger partial charge in [-0.2, -0.15) is 5.10 Å². The van der Waals surface area contributed by atoms with Crippen LogP contribution in [0, 0.1) is 0 Å². The third-order valence-electron chi connectivity index (χ3n) is 1.69. The number of carbonyl (C=O) groups excluding carboxylic acids is 1. The van der Waals surface area contributed by atoms with Gasteiger partial charge in [0.15, 0.2) is 12.4 Å². The van der Waals surface area contributed by atoms with Crippen molar-refractivity contribution in [1.29, 1.82) is 0 Å². The molecule has 70 valence electrons. The number of ketones is 1. The zero-order valence-corrected chi connectivity index (χ0v) is 6.54. The average Bonchev–Trinajstić information content (AvgIpc) is 2.46. The van der Waals surface area contributed by atoms with Crippen LogP contribution >= 0.6 is 0 Å². The first-order chi connectivity index (χ1) is 6.16. The van der Waals surface area contributed by atoms with Gasteiger partial charge in [-0.15, -0.1) is 0 Å². The highest BCUT2D eigenvalue weighted by molar-refractivity contribution is 5.80. The first kappa shape index (κ1) is 8.15. The molecule has 1 aliphatic rings. The van der Waals surface area contributed by atoms with Crippen molar-refractivity contribution in [1.82, 2.24) is 9.78 Å². The number of alkyl halides is 2. The van der Waals surface area contributed by atoms with E-state index in [2.05, 4.69) is 5.10 Å². The van der Waals surface area contributed by atoms with Gasteiger partial charge in [-0.3, -0.25) is 4.79 Å². The molecule has 0 bridgehead atoms. The summed E-state index contributed by atoms with van der Waals surface area (Å²) >= 11 is 0. The third-order valence-corrected chi connectivity index (χ3v) is 1.69. The van der Waals surface area contributed by atoms with Gasteiger partial charge in [-0.05, 0) is 0 Å². The van der Waals surface area contributed by atoms with Crippen molar-refractivity contribution in [3.05, 3.63) is 11.8 Å². The number of carbonyl (C=O) groups is 1. The Kier molecular flexibility index (Phi) is 1.75. The van der Waals surface area contributed by atoms with Gasteiger partial charge in [0.1, 0.15) is 12.2 Å². The highest BCUT2D eigenvalue weighted by Crippen LogP contribution is 2.24. The summed E-state index contributed by atoms with van der Waals surface area (Å²) in [5.41, 5.74) is -0.357. The minimum Gasteiger partial charge on any atom is -0.470 e. The Hall–Kier alpha value is -1.46. The number of Topliss-reactive ketones (excluding diaryl/α,β-unsaturated/α-hetero) is 1. The molecule has 1 aliphatic heterocycles. The lowest BCUT2D eigenvalue weighted by Gasteiger charge is -2.12. The zero-order chi connectivity index (χ0) is 9.42. The lowest BCUT2D eigenvalue weighted by atomic mass is 10.4. The minimum absolute atomic E-state index is 0.0159. The number of ether oxygens (including phenoxy) is 1. The van der Waals surface area contributed by atoms with E-state index < -0.39 is 6.43 Å². The number of halogens is 2. The molecule has 0 saturated carbocycles. The van der Waals surface area contributed by atoms with Crippen LogP contribution in [0.25, 0.3) is 0 Å². The van der Waals surface area contributed by atoms with E-state index in [-0.39, 0.29) is 30.5 Å². The van der Waals surface area contributed by atoms with E-state index in [4.69, 9.17) is 4.74 Å². The molecule has 0 aliphatic carbocycles. The molecular formula is C7H6F2N2O2. The van der Waals surface area contributed by atoms with Crippen LogP contribution < -0.4 is 4.74 Å². The van der Waals surface area contributed by atoms with Crippen LogP contribution in [0.1, 0.15) is 12.1 Å². The fraction of sp³-hybridized carbons (Fsp3) is 0.429. The molecule has 0 spiro atoms. The molecule has 0 aromatic carbocycles. The largest absolute Gasteiger partial charge is 0.470 e. The van der Waals surface area contributed by atoms with E-state index in [0.717, 1.165) is 10.7 Å². The van der Waals surface area contributed by atoms with Crippen molar-refractivity contribution in [3.63, 3.8) is 0 Å². The maximum atomic E-state index is 12.1. The number of nitrogens with zero attached hydrogens (tertiary/aromatic N) is 2. The Morgan fingerprint density at radius 3 is 3.08 bits per heavy atom. The van der Waals surface area contributed by atoms with Gasteiger partial charge in [-0.1, -0.05) is 0 Å². The van der Waals surface area contributed by atoms with Crippen LogP contribution in [-0.2, 0) is 11.3 Å². The molecule has 0 unspecified atom stereocenters. The van der Waals surface area contributed by atoms with Crippen molar-refractivity contribution in [3.8, 4) is 5.88 Å². The summed E-state index contributed by atoms with van der Waals surface area (Å²) in [4.78, 5) is 10.8. The van der Waals surface area contributed by atoms with Crippen LogP contribution in [-0.4, -0.2) is 22.2 Å². The Bertz CT molecular complexity index is 348. The van der Waals surface area contributed by atoms with Gasteiger partial charge >= 0.3 is 0 Å². The fourth-order valence-corrected chi connectivity index (χ4v) is 1.12. The number of rotatable bonds is 1. The van der Waals surface area contributed by atoms with E-state index >= 15 is 0 Å². The molecular weight excluding hydrogens is 182 g/mol. The Morgan fingerprint density at radius 1 is 1.62 bits per heavy atom. The highest BCUT2D eigenvalue weighted by Gasteiger charge is 2.21. The summed E-state index contributed by atoms with van der Waals surface area (Å²) in [5.74, 6) is 0.0614. The normalized spacial score (nSPS) is 15.8. The SMILES string of the molecule is O=C1COc2cc(C(F)F)nn2C1. The number of aromatic nitrogens is 2. The molecule has 13 heavy (non-hydrogen) atoms. The molecule has 1 aromatic heterocycles. The second-order valence-corrected chi connectivity index (χ2v) is 2.69. The van der Waals surface area contributed by atoms with Crippen molar-refractivity contribution < 1.29 is 18.3 Å². The second kappa shape index (κ2) is 2.79. The molecule has 2 heterocycles. The average molecular weight is 188 g/mol. The van der Waals surface area contributed by atoms with Crippen LogP contribution in [0.15, 0.2) is 6.07 Å². The predicted octanol–water partition coefficient (Wildman–Crippen LogP) is 0.782. The molecule has 0 saturated heterocycles. The molecule has 0 atom stereocenters. The van der Waals surface area contributed by atoms with Crippen LogP contribution in [0.5, 0.6) is 5.88 Å². The summed E-state index contributed by atoms with van der Waals surface area (Å²) in [6.07, 6.45) is -2.63. The van der Waals surface area contributed by atoms with Crippen LogP contribution in [0.3, 0.4) is 0 Å². The summed E-state index contributed by atoms with van der Waals surface area (Å²) in [6, 6.07) is 1.15. The van der Waals surface area contributed by atoms with Gasteiger partial charge < -0.3 is 4.74 Å². The van der Waals surface area contributed by atoms with Crippen LogP contribution in [0.2, 0.25) is 0 Å². The van der Waals surface area contributed by atoms with Gasteiger partial charge in [-0.25, -0.2) is 13.5 Å². The minimum atomic E-state index is -2.63. The molecule has 0 radical (unpaired) electrons. The van der Waals surface area contributed by atoms with E-state index in [0.29, 0.717) is 0 Å². The van der Waals surface area contributed by atoms with Crippen molar-refractivity contribution in [2.24, 2.45) is 0 Å². The number of fused-ring (bicyclic) bond motifs is 1. The number of hydrogen-bond acceptors (Lipinski definition) is 3. The summed E-state index contributed by atoms with van der Waals surface area (Å²) in [7, 11) is 0. The van der Waals surface area contributed by atoms with Gasteiger partial charge in [0.25, 0.3) is 6.43 Å². The van der Waals surface area contributed by atoms with Gasteiger partial charge in [0, 0.05) is 6.07 Å². The van der Waals surface area contributed by atoms with Crippen molar-refractivity contribution in [2.45, 2.75) is 13.0 Å². The lowest BCUT2D eigenvalue weighted by molar-refractivity contribution is -0.123. The molecule has 6 heteroatoms. The smallest absolute Gasteiger partial charge is 0.282 e. The van der Waals surface area contributed by atoms with Crippen LogP contribution in [0.4, 0.5) is 8.78 Å². The summed E-state index contributed by atoms with van der Waals surface area (Å²) in [6.45, 7) is -0.0452. The van der Waals surface area contributed by atoms with E-state index in [9.17, 15) is 13.6 Å². The standard InChI is InChI=1S/C7H6F2N2O2/c8-7(9)5-1-6-11(10-5)2-4(12)3-13-6/h1,7H,2-3H2. The first-order valence-corrected chi connectivity index (χ1v) is 3.67. The second-order valence-electron chi connectivity index (χ2n) is 2.69. The fourth-order valence-electron chi connectivity index (χ4n) is 1.12. The van der Waals surface area contributed by atoms with Crippen molar-refractivity contribution >= 4 is 5.78 Å².